The molecule has 9 heteroatoms. The Hall–Kier alpha value is -2.97. The molecule has 2 aromatic carbocycles. The molecule has 1 heterocycles. The van der Waals surface area contributed by atoms with E-state index in [4.69, 9.17) is 25.5 Å². The second-order valence-corrected chi connectivity index (χ2v) is 9.92. The first-order chi connectivity index (χ1) is 16.1. The Balaban J connectivity index is 1.90. The highest BCUT2D eigenvalue weighted by Gasteiger charge is 2.26. The Kier molecular flexibility index (Phi) is 8.28. The quantitative estimate of drug-likeness (QED) is 0.252. The van der Waals surface area contributed by atoms with Gasteiger partial charge >= 0.3 is 17.7 Å². The van der Waals surface area contributed by atoms with E-state index >= 15 is 0 Å². The molecule has 0 aliphatic carbocycles. The highest BCUT2D eigenvalue weighted by atomic mass is 35.5. The SMILES string of the molecule is CSCCC(NC(=O)OC(C)(C)C)C(=O)Oc1cc2oc(=O)cc(-c3ccccc3)c2cc1Cl. The Morgan fingerprint density at radius 3 is 2.50 bits per heavy atom. The van der Waals surface area contributed by atoms with Crippen LogP contribution >= 0.6 is 23.4 Å². The van der Waals surface area contributed by atoms with Gasteiger partial charge in [0, 0.05) is 17.5 Å². The van der Waals surface area contributed by atoms with Gasteiger partial charge in [-0.2, -0.15) is 11.8 Å². The Morgan fingerprint density at radius 2 is 1.85 bits per heavy atom. The molecule has 7 nitrogen and oxygen atoms in total. The van der Waals surface area contributed by atoms with E-state index in [-0.39, 0.29) is 16.4 Å². The molecule has 0 radical (unpaired) electrons. The summed E-state index contributed by atoms with van der Waals surface area (Å²) in [6.45, 7) is 5.19. The molecule has 3 rings (SSSR count). The van der Waals surface area contributed by atoms with Crippen molar-refractivity contribution in [1.82, 2.24) is 5.32 Å². The van der Waals surface area contributed by atoms with E-state index in [0.29, 0.717) is 23.1 Å². The molecule has 1 aromatic heterocycles. The van der Waals surface area contributed by atoms with Crippen LogP contribution in [0.15, 0.2) is 57.7 Å². The van der Waals surface area contributed by atoms with Gasteiger partial charge in [-0.1, -0.05) is 41.9 Å². The van der Waals surface area contributed by atoms with Crippen LogP contribution in [0.4, 0.5) is 4.79 Å². The minimum Gasteiger partial charge on any atom is -0.444 e. The molecular formula is C25H26ClNO6S. The Morgan fingerprint density at radius 1 is 1.15 bits per heavy atom. The van der Waals surface area contributed by atoms with Crippen molar-refractivity contribution in [2.45, 2.75) is 38.8 Å². The number of alkyl carbamates (subject to hydrolysis) is 1. The standard InChI is InChI=1S/C25H26ClNO6S/c1-25(2,3)33-24(30)27-19(10-11-34-4)23(29)32-21-14-20-17(12-18(21)26)16(13-22(28)31-20)15-8-6-5-7-9-15/h5-9,12-14,19H,10-11H2,1-4H3,(H,27,30). The molecule has 0 spiro atoms. The Labute approximate surface area is 206 Å². The third-order valence-corrected chi connectivity index (χ3v) is 5.62. The van der Waals surface area contributed by atoms with Gasteiger partial charge in [0.05, 0.1) is 5.02 Å². The van der Waals surface area contributed by atoms with Gasteiger partial charge in [-0.15, -0.1) is 0 Å². The smallest absolute Gasteiger partial charge is 0.408 e. The van der Waals surface area contributed by atoms with E-state index in [2.05, 4.69) is 5.32 Å². The van der Waals surface area contributed by atoms with Gasteiger partial charge in [-0.05, 0) is 56.4 Å². The summed E-state index contributed by atoms with van der Waals surface area (Å²) in [5, 5.41) is 3.32. The molecule has 0 saturated carbocycles. The molecule has 0 saturated heterocycles. The zero-order chi connectivity index (χ0) is 24.9. The summed E-state index contributed by atoms with van der Waals surface area (Å²) in [5.41, 5.74) is 0.430. The molecule has 3 aromatic rings. The van der Waals surface area contributed by atoms with E-state index in [0.717, 1.165) is 5.56 Å². The number of rotatable bonds is 7. The molecule has 1 amide bonds. The first-order valence-corrected chi connectivity index (χ1v) is 12.4. The monoisotopic (exact) mass is 503 g/mol. The molecule has 0 bridgehead atoms. The number of hydrogen-bond acceptors (Lipinski definition) is 7. The number of carbonyl (C=O) groups is 2. The lowest BCUT2D eigenvalue weighted by molar-refractivity contribution is -0.136. The maximum absolute atomic E-state index is 12.9. The van der Waals surface area contributed by atoms with Gasteiger partial charge in [-0.25, -0.2) is 14.4 Å². The van der Waals surface area contributed by atoms with Crippen molar-refractivity contribution in [3.05, 3.63) is 64.0 Å². The summed E-state index contributed by atoms with van der Waals surface area (Å²) < 4.78 is 16.1. The van der Waals surface area contributed by atoms with Gasteiger partial charge in [0.2, 0.25) is 0 Å². The largest absolute Gasteiger partial charge is 0.444 e. The van der Waals surface area contributed by atoms with Crippen LogP contribution in [0.25, 0.3) is 22.1 Å². The van der Waals surface area contributed by atoms with Gasteiger partial charge in [0.1, 0.15) is 17.2 Å². The third-order valence-electron chi connectivity index (χ3n) is 4.68. The van der Waals surface area contributed by atoms with E-state index < -0.39 is 29.3 Å². The highest BCUT2D eigenvalue weighted by molar-refractivity contribution is 7.98. The van der Waals surface area contributed by atoms with Crippen LogP contribution in [0.5, 0.6) is 5.75 Å². The fourth-order valence-electron chi connectivity index (χ4n) is 3.21. The average molecular weight is 504 g/mol. The van der Waals surface area contributed by atoms with Crippen LogP contribution in [-0.2, 0) is 9.53 Å². The number of thioether (sulfide) groups is 1. The summed E-state index contributed by atoms with van der Waals surface area (Å²) in [7, 11) is 0. The number of hydrogen-bond donors (Lipinski definition) is 1. The second-order valence-electron chi connectivity index (χ2n) is 8.53. The van der Waals surface area contributed by atoms with E-state index in [1.54, 1.807) is 26.8 Å². The lowest BCUT2D eigenvalue weighted by Gasteiger charge is -2.23. The summed E-state index contributed by atoms with van der Waals surface area (Å²) in [6.07, 6.45) is 1.50. The average Bonchev–Trinajstić information content (AvgIpc) is 2.76. The maximum Gasteiger partial charge on any atom is 0.408 e. The van der Waals surface area contributed by atoms with E-state index in [1.165, 1.54) is 23.9 Å². The molecule has 1 N–H and O–H groups in total. The molecule has 0 aliphatic heterocycles. The van der Waals surface area contributed by atoms with Crippen molar-refractivity contribution < 1.29 is 23.5 Å². The summed E-state index contributed by atoms with van der Waals surface area (Å²) in [4.78, 5) is 37.3. The van der Waals surface area contributed by atoms with Crippen molar-refractivity contribution >= 4 is 46.4 Å². The van der Waals surface area contributed by atoms with Crippen LogP contribution in [0, 0.1) is 0 Å². The van der Waals surface area contributed by atoms with E-state index in [1.807, 2.05) is 36.6 Å². The highest BCUT2D eigenvalue weighted by Crippen LogP contribution is 2.35. The summed E-state index contributed by atoms with van der Waals surface area (Å²) in [6, 6.07) is 12.8. The van der Waals surface area contributed by atoms with E-state index in [9.17, 15) is 14.4 Å². The van der Waals surface area contributed by atoms with Crippen molar-refractivity contribution in [1.29, 1.82) is 0 Å². The Bertz CT molecular complexity index is 1240. The minimum absolute atomic E-state index is 0.0210. The van der Waals surface area contributed by atoms with Crippen LogP contribution < -0.4 is 15.7 Å². The van der Waals surface area contributed by atoms with Gasteiger partial charge in [-0.3, -0.25) is 0 Å². The number of halogens is 1. The lowest BCUT2D eigenvalue weighted by atomic mass is 10.0. The first kappa shape index (κ1) is 25.6. The minimum atomic E-state index is -0.947. The van der Waals surface area contributed by atoms with Crippen LogP contribution in [0.2, 0.25) is 5.02 Å². The zero-order valence-electron chi connectivity index (χ0n) is 19.3. The number of benzene rings is 2. The molecule has 0 aliphatic rings. The molecule has 1 atom stereocenters. The van der Waals surface area contributed by atoms with Crippen LogP contribution in [0.3, 0.4) is 0 Å². The van der Waals surface area contributed by atoms with Crippen molar-refractivity contribution in [2.24, 2.45) is 0 Å². The zero-order valence-corrected chi connectivity index (χ0v) is 20.9. The molecule has 0 fully saturated rings. The fraction of sp³-hybridized carbons (Fsp3) is 0.320. The second kappa shape index (κ2) is 11.0. The van der Waals surface area contributed by atoms with Gasteiger partial charge in [0.15, 0.2) is 5.75 Å². The number of ether oxygens (including phenoxy) is 2. The first-order valence-electron chi connectivity index (χ1n) is 10.6. The maximum atomic E-state index is 12.9. The number of nitrogens with one attached hydrogen (secondary N) is 1. The third kappa shape index (κ3) is 6.77. The van der Waals surface area contributed by atoms with Crippen LogP contribution in [-0.4, -0.2) is 35.7 Å². The van der Waals surface area contributed by atoms with Gasteiger partial charge in [0.25, 0.3) is 0 Å². The van der Waals surface area contributed by atoms with Crippen LogP contribution in [0.1, 0.15) is 27.2 Å². The van der Waals surface area contributed by atoms with Crippen molar-refractivity contribution in [2.75, 3.05) is 12.0 Å². The molecule has 34 heavy (non-hydrogen) atoms. The summed E-state index contributed by atoms with van der Waals surface area (Å²) in [5.74, 6) is -0.0774. The number of amides is 1. The van der Waals surface area contributed by atoms with Crippen molar-refractivity contribution in [3.8, 4) is 16.9 Å². The van der Waals surface area contributed by atoms with Crippen molar-refractivity contribution in [3.63, 3.8) is 0 Å². The molecular weight excluding hydrogens is 478 g/mol. The summed E-state index contributed by atoms with van der Waals surface area (Å²) >= 11 is 7.96. The number of esters is 1. The molecule has 1 unspecified atom stereocenters. The van der Waals surface area contributed by atoms with Gasteiger partial charge < -0.3 is 19.2 Å². The number of carbonyl (C=O) groups excluding carboxylic acids is 2. The molecule has 180 valence electrons. The lowest BCUT2D eigenvalue weighted by Crippen LogP contribution is -2.45. The normalized spacial score (nSPS) is 12.3. The predicted octanol–water partition coefficient (Wildman–Crippen LogP) is 5.67. The predicted molar refractivity (Wildman–Crippen MR) is 135 cm³/mol. The fourth-order valence-corrected chi connectivity index (χ4v) is 3.89. The topological polar surface area (TPSA) is 94.8 Å². The number of fused-ring (bicyclic) bond motifs is 1.